The summed E-state index contributed by atoms with van der Waals surface area (Å²) >= 11 is 1.78. The summed E-state index contributed by atoms with van der Waals surface area (Å²) in [6.07, 6.45) is 1.82. The van der Waals surface area contributed by atoms with Crippen molar-refractivity contribution in [3.63, 3.8) is 0 Å². The smallest absolute Gasteiger partial charge is 0.0639 e. The molecule has 0 saturated heterocycles. The molecule has 0 radical (unpaired) electrons. The van der Waals surface area contributed by atoms with E-state index in [1.54, 1.807) is 11.8 Å². The van der Waals surface area contributed by atoms with Crippen LogP contribution in [0.15, 0.2) is 53.6 Å². The number of hydrogen-bond acceptors (Lipinski definition) is 3. The first-order valence-corrected chi connectivity index (χ1v) is 6.52. The molecule has 1 aromatic carbocycles. The predicted molar refractivity (Wildman–Crippen MR) is 73.1 cm³/mol. The van der Waals surface area contributed by atoms with E-state index in [-0.39, 0.29) is 5.25 Å². The second-order valence-corrected chi connectivity index (χ2v) is 5.11. The second kappa shape index (κ2) is 5.84. The Hall–Kier alpha value is -1.32. The number of nitrogens with two attached hydrogens (primary N) is 1. The van der Waals surface area contributed by atoms with Crippen LogP contribution in [0.5, 0.6) is 0 Å². The summed E-state index contributed by atoms with van der Waals surface area (Å²) in [5.41, 5.74) is 8.17. The molecular formula is C14H16N2S. The van der Waals surface area contributed by atoms with E-state index in [1.165, 1.54) is 10.5 Å². The van der Waals surface area contributed by atoms with Gasteiger partial charge in [0.25, 0.3) is 0 Å². The molecule has 2 rings (SSSR count). The van der Waals surface area contributed by atoms with Gasteiger partial charge in [0.1, 0.15) is 0 Å². The lowest BCUT2D eigenvalue weighted by Gasteiger charge is -2.15. The van der Waals surface area contributed by atoms with Gasteiger partial charge in [-0.2, -0.15) is 0 Å². The van der Waals surface area contributed by atoms with Crippen molar-refractivity contribution < 1.29 is 0 Å². The van der Waals surface area contributed by atoms with Gasteiger partial charge in [0.05, 0.1) is 10.9 Å². The van der Waals surface area contributed by atoms with E-state index in [0.717, 1.165) is 5.69 Å². The zero-order chi connectivity index (χ0) is 12.1. The maximum Gasteiger partial charge on any atom is 0.0639 e. The van der Waals surface area contributed by atoms with E-state index in [1.807, 2.05) is 24.4 Å². The number of rotatable bonds is 4. The Morgan fingerprint density at radius 2 is 1.94 bits per heavy atom. The van der Waals surface area contributed by atoms with Crippen molar-refractivity contribution in [3.05, 3.63) is 59.9 Å². The Morgan fingerprint density at radius 3 is 2.59 bits per heavy atom. The topological polar surface area (TPSA) is 38.9 Å². The van der Waals surface area contributed by atoms with Gasteiger partial charge in [-0.25, -0.2) is 0 Å². The zero-order valence-electron chi connectivity index (χ0n) is 9.84. The first-order chi connectivity index (χ1) is 8.31. The summed E-state index contributed by atoms with van der Waals surface area (Å²) in [5.74, 6) is 0. The standard InChI is InChI=1S/C14H16N2S/c1-11-6-2-3-8-13(11)17-14(10-15)12-7-4-5-9-16-12/h2-9,14H,10,15H2,1H3. The Kier molecular flexibility index (Phi) is 4.18. The van der Waals surface area contributed by atoms with Crippen LogP contribution < -0.4 is 5.73 Å². The third-order valence-electron chi connectivity index (χ3n) is 2.59. The van der Waals surface area contributed by atoms with Gasteiger partial charge >= 0.3 is 0 Å². The van der Waals surface area contributed by atoms with Gasteiger partial charge in [0.15, 0.2) is 0 Å². The first kappa shape index (κ1) is 12.1. The second-order valence-electron chi connectivity index (χ2n) is 3.86. The highest BCUT2D eigenvalue weighted by atomic mass is 32.2. The molecule has 1 atom stereocenters. The number of aryl methyl sites for hydroxylation is 1. The normalized spacial score (nSPS) is 12.4. The average Bonchev–Trinajstić information content (AvgIpc) is 2.39. The molecule has 0 amide bonds. The average molecular weight is 244 g/mol. The van der Waals surface area contributed by atoms with Gasteiger partial charge in [-0.3, -0.25) is 4.98 Å². The molecule has 88 valence electrons. The number of benzene rings is 1. The molecule has 1 unspecified atom stereocenters. The molecule has 0 aliphatic heterocycles. The van der Waals surface area contributed by atoms with E-state index in [9.17, 15) is 0 Å². The van der Waals surface area contributed by atoms with E-state index in [4.69, 9.17) is 5.73 Å². The van der Waals surface area contributed by atoms with Crippen LogP contribution in [-0.4, -0.2) is 11.5 Å². The summed E-state index contributed by atoms with van der Waals surface area (Å²) in [6, 6.07) is 14.3. The van der Waals surface area contributed by atoms with Crippen molar-refractivity contribution in [1.29, 1.82) is 0 Å². The Bertz CT molecular complexity index is 471. The lowest BCUT2D eigenvalue weighted by atomic mass is 10.2. The Labute approximate surface area is 106 Å². The van der Waals surface area contributed by atoms with Crippen molar-refractivity contribution in [1.82, 2.24) is 4.98 Å². The van der Waals surface area contributed by atoms with Crippen molar-refractivity contribution in [2.45, 2.75) is 17.1 Å². The zero-order valence-corrected chi connectivity index (χ0v) is 10.7. The van der Waals surface area contributed by atoms with E-state index in [0.29, 0.717) is 6.54 Å². The van der Waals surface area contributed by atoms with Gasteiger partial charge in [-0.1, -0.05) is 24.3 Å². The molecule has 0 fully saturated rings. The van der Waals surface area contributed by atoms with Crippen molar-refractivity contribution in [2.24, 2.45) is 5.73 Å². The van der Waals surface area contributed by atoms with Crippen molar-refractivity contribution >= 4 is 11.8 Å². The SMILES string of the molecule is Cc1ccccc1SC(CN)c1ccccn1. The molecular weight excluding hydrogens is 228 g/mol. The monoisotopic (exact) mass is 244 g/mol. The fraction of sp³-hybridized carbons (Fsp3) is 0.214. The molecule has 17 heavy (non-hydrogen) atoms. The van der Waals surface area contributed by atoms with Crippen molar-refractivity contribution in [2.75, 3.05) is 6.54 Å². The molecule has 0 saturated carbocycles. The summed E-state index contributed by atoms with van der Waals surface area (Å²) in [6.45, 7) is 2.71. The molecule has 2 N–H and O–H groups in total. The molecule has 2 nitrogen and oxygen atoms in total. The van der Waals surface area contributed by atoms with Gasteiger partial charge in [-0.05, 0) is 30.7 Å². The van der Waals surface area contributed by atoms with Gasteiger partial charge in [0.2, 0.25) is 0 Å². The van der Waals surface area contributed by atoms with Gasteiger partial charge < -0.3 is 5.73 Å². The Balaban J connectivity index is 2.19. The minimum absolute atomic E-state index is 0.220. The lowest BCUT2D eigenvalue weighted by molar-refractivity contribution is 0.897. The highest BCUT2D eigenvalue weighted by molar-refractivity contribution is 7.99. The van der Waals surface area contributed by atoms with Crippen LogP contribution in [-0.2, 0) is 0 Å². The van der Waals surface area contributed by atoms with E-state index >= 15 is 0 Å². The third-order valence-corrected chi connectivity index (χ3v) is 4.03. The maximum atomic E-state index is 5.84. The molecule has 1 heterocycles. The highest BCUT2D eigenvalue weighted by Crippen LogP contribution is 2.34. The summed E-state index contributed by atoms with van der Waals surface area (Å²) in [7, 11) is 0. The predicted octanol–water partition coefficient (Wildman–Crippen LogP) is 3.18. The van der Waals surface area contributed by atoms with Crippen LogP contribution in [0.1, 0.15) is 16.5 Å². The summed E-state index contributed by atoms with van der Waals surface area (Å²) in [4.78, 5) is 5.65. The summed E-state index contributed by atoms with van der Waals surface area (Å²) in [5, 5.41) is 0.220. The molecule has 3 heteroatoms. The first-order valence-electron chi connectivity index (χ1n) is 5.64. The van der Waals surface area contributed by atoms with Crippen LogP contribution in [0.3, 0.4) is 0 Å². The third kappa shape index (κ3) is 3.08. The fourth-order valence-corrected chi connectivity index (χ4v) is 2.71. The van der Waals surface area contributed by atoms with Crippen LogP contribution >= 0.6 is 11.8 Å². The molecule has 0 aliphatic rings. The number of thioether (sulfide) groups is 1. The van der Waals surface area contributed by atoms with E-state index < -0.39 is 0 Å². The largest absolute Gasteiger partial charge is 0.329 e. The molecule has 0 bridgehead atoms. The Morgan fingerprint density at radius 1 is 1.18 bits per heavy atom. The van der Waals surface area contributed by atoms with Crippen LogP contribution in [0.2, 0.25) is 0 Å². The maximum absolute atomic E-state index is 5.84. The summed E-state index contributed by atoms with van der Waals surface area (Å²) < 4.78 is 0. The molecule has 0 spiro atoms. The quantitative estimate of drug-likeness (QED) is 0.840. The number of pyridine rings is 1. The minimum Gasteiger partial charge on any atom is -0.329 e. The van der Waals surface area contributed by atoms with Gasteiger partial charge in [-0.15, -0.1) is 11.8 Å². The number of hydrogen-bond donors (Lipinski definition) is 1. The van der Waals surface area contributed by atoms with Crippen LogP contribution in [0.4, 0.5) is 0 Å². The van der Waals surface area contributed by atoms with E-state index in [2.05, 4.69) is 36.2 Å². The molecule has 1 aromatic heterocycles. The minimum atomic E-state index is 0.220. The number of aromatic nitrogens is 1. The lowest BCUT2D eigenvalue weighted by Crippen LogP contribution is -2.10. The highest BCUT2D eigenvalue weighted by Gasteiger charge is 2.13. The van der Waals surface area contributed by atoms with Crippen molar-refractivity contribution in [3.8, 4) is 0 Å². The fourth-order valence-electron chi connectivity index (χ4n) is 1.64. The molecule has 0 aliphatic carbocycles. The molecule has 2 aromatic rings. The van der Waals surface area contributed by atoms with Gasteiger partial charge in [0, 0.05) is 17.6 Å². The van der Waals surface area contributed by atoms with Crippen LogP contribution in [0.25, 0.3) is 0 Å². The van der Waals surface area contributed by atoms with Crippen LogP contribution in [0, 0.1) is 6.92 Å². The number of nitrogens with zero attached hydrogens (tertiary/aromatic N) is 1.